The normalized spacial score (nSPS) is 20.6. The van der Waals surface area contributed by atoms with Gasteiger partial charge in [-0.1, -0.05) is 6.92 Å². The van der Waals surface area contributed by atoms with Crippen LogP contribution < -0.4 is 16.1 Å². The number of carbonyl (C=O) groups is 1. The number of halogens is 1. The maximum absolute atomic E-state index is 15.0. The summed E-state index contributed by atoms with van der Waals surface area (Å²) < 4.78 is 16.7. The van der Waals surface area contributed by atoms with E-state index >= 15 is 0 Å². The number of hydrogen-bond acceptors (Lipinski definition) is 4. The molecule has 2 heterocycles. The minimum atomic E-state index is -1.31. The van der Waals surface area contributed by atoms with Crippen LogP contribution in [0.4, 0.5) is 10.1 Å². The van der Waals surface area contributed by atoms with E-state index in [2.05, 4.69) is 0 Å². The van der Waals surface area contributed by atoms with Gasteiger partial charge in [0.25, 0.3) is 0 Å². The Morgan fingerprint density at radius 1 is 1.46 bits per heavy atom. The number of rotatable bonds is 3. The van der Waals surface area contributed by atoms with Crippen LogP contribution >= 0.6 is 0 Å². The lowest BCUT2D eigenvalue weighted by Crippen LogP contribution is -2.46. The molecule has 2 aromatic rings. The SMILES string of the molecule is CCn1cc(C(=O)O)c(=O)c2cc(F)c(N3CCC(N)C(C)C3)c(C)c21. The molecule has 3 N–H and O–H groups in total. The molecule has 0 spiro atoms. The van der Waals surface area contributed by atoms with Gasteiger partial charge in [-0.05, 0) is 37.8 Å². The Hall–Kier alpha value is -2.41. The average molecular weight is 361 g/mol. The van der Waals surface area contributed by atoms with Crippen LogP contribution in [0, 0.1) is 18.7 Å². The third-order valence-corrected chi connectivity index (χ3v) is 5.38. The molecular formula is C19H24FN3O3. The van der Waals surface area contributed by atoms with Crippen LogP contribution in [-0.4, -0.2) is 34.8 Å². The molecule has 6 nitrogen and oxygen atoms in total. The van der Waals surface area contributed by atoms with E-state index in [9.17, 15) is 19.1 Å². The molecule has 2 atom stereocenters. The van der Waals surface area contributed by atoms with Gasteiger partial charge in [-0.3, -0.25) is 4.79 Å². The summed E-state index contributed by atoms with van der Waals surface area (Å²) in [6.07, 6.45) is 2.12. The van der Waals surface area contributed by atoms with Crippen LogP contribution in [0.15, 0.2) is 17.1 Å². The quantitative estimate of drug-likeness (QED) is 0.876. The monoisotopic (exact) mass is 361 g/mol. The molecule has 2 unspecified atom stereocenters. The van der Waals surface area contributed by atoms with Gasteiger partial charge in [0, 0.05) is 37.3 Å². The minimum Gasteiger partial charge on any atom is -0.477 e. The first kappa shape index (κ1) is 18.4. The zero-order valence-corrected chi connectivity index (χ0v) is 15.3. The Morgan fingerprint density at radius 3 is 2.73 bits per heavy atom. The molecule has 1 aliphatic rings. The van der Waals surface area contributed by atoms with Crippen molar-refractivity contribution in [3.05, 3.63) is 39.4 Å². The molecule has 1 aromatic carbocycles. The topological polar surface area (TPSA) is 88.6 Å². The number of nitrogens with two attached hydrogens (primary N) is 1. The molecular weight excluding hydrogens is 337 g/mol. The Labute approximate surface area is 151 Å². The Balaban J connectivity index is 2.27. The Morgan fingerprint density at radius 2 is 2.15 bits per heavy atom. The van der Waals surface area contributed by atoms with Crippen LogP contribution in [0.1, 0.15) is 36.2 Å². The van der Waals surface area contributed by atoms with Crippen molar-refractivity contribution in [2.75, 3.05) is 18.0 Å². The van der Waals surface area contributed by atoms with Crippen molar-refractivity contribution in [3.63, 3.8) is 0 Å². The lowest BCUT2D eigenvalue weighted by atomic mass is 9.93. The molecule has 0 aliphatic carbocycles. The van der Waals surface area contributed by atoms with Gasteiger partial charge in [0.2, 0.25) is 5.43 Å². The third kappa shape index (κ3) is 2.86. The van der Waals surface area contributed by atoms with Crippen molar-refractivity contribution in [1.29, 1.82) is 0 Å². The predicted octanol–water partition coefficient (Wildman–Crippen LogP) is 2.34. The number of carboxylic acids is 1. The van der Waals surface area contributed by atoms with E-state index in [-0.39, 0.29) is 22.9 Å². The van der Waals surface area contributed by atoms with Crippen LogP contribution in [0.2, 0.25) is 0 Å². The second-order valence-corrected chi connectivity index (χ2v) is 7.07. The summed E-state index contributed by atoms with van der Waals surface area (Å²) in [6, 6.07) is 1.28. The van der Waals surface area contributed by atoms with E-state index in [1.807, 2.05) is 18.7 Å². The number of pyridine rings is 1. The maximum atomic E-state index is 15.0. The smallest absolute Gasteiger partial charge is 0.341 e. The van der Waals surface area contributed by atoms with Crippen LogP contribution in [0.25, 0.3) is 10.9 Å². The number of piperidine rings is 1. The molecule has 1 saturated heterocycles. The van der Waals surface area contributed by atoms with Crippen molar-refractivity contribution in [3.8, 4) is 0 Å². The van der Waals surface area contributed by atoms with Crippen LogP contribution in [0.3, 0.4) is 0 Å². The van der Waals surface area contributed by atoms with E-state index in [4.69, 9.17) is 5.73 Å². The van der Waals surface area contributed by atoms with Gasteiger partial charge < -0.3 is 20.3 Å². The lowest BCUT2D eigenvalue weighted by molar-refractivity contribution is 0.0695. The molecule has 1 aromatic heterocycles. The van der Waals surface area contributed by atoms with Crippen molar-refractivity contribution in [2.45, 2.75) is 39.8 Å². The first-order chi connectivity index (χ1) is 12.3. The number of aromatic nitrogens is 1. The summed E-state index contributed by atoms with van der Waals surface area (Å²) in [7, 11) is 0. The predicted molar refractivity (Wildman–Crippen MR) is 99.5 cm³/mol. The Bertz CT molecular complexity index is 938. The highest BCUT2D eigenvalue weighted by Gasteiger charge is 2.28. The molecule has 0 bridgehead atoms. The number of nitrogens with zero attached hydrogens (tertiary/aromatic N) is 2. The first-order valence-electron chi connectivity index (χ1n) is 8.86. The molecule has 26 heavy (non-hydrogen) atoms. The second kappa shape index (κ2) is 6.72. The fourth-order valence-electron chi connectivity index (χ4n) is 3.88. The van der Waals surface area contributed by atoms with Crippen molar-refractivity contribution >= 4 is 22.6 Å². The molecule has 3 rings (SSSR count). The third-order valence-electron chi connectivity index (χ3n) is 5.38. The summed E-state index contributed by atoms with van der Waals surface area (Å²) in [5, 5.41) is 9.37. The molecule has 0 amide bonds. The van der Waals surface area contributed by atoms with E-state index in [0.717, 1.165) is 6.42 Å². The zero-order chi connectivity index (χ0) is 19.2. The fraction of sp³-hybridized carbons (Fsp3) is 0.474. The van der Waals surface area contributed by atoms with Crippen molar-refractivity contribution in [2.24, 2.45) is 11.7 Å². The van der Waals surface area contributed by atoms with Crippen molar-refractivity contribution < 1.29 is 14.3 Å². The number of carboxylic acid groups (broad SMARTS) is 1. The van der Waals surface area contributed by atoms with Gasteiger partial charge in [0.15, 0.2) is 0 Å². The van der Waals surface area contributed by atoms with E-state index in [1.54, 1.807) is 11.5 Å². The molecule has 140 valence electrons. The van der Waals surface area contributed by atoms with Gasteiger partial charge in [0.05, 0.1) is 11.2 Å². The van der Waals surface area contributed by atoms with Gasteiger partial charge in [-0.15, -0.1) is 0 Å². The summed E-state index contributed by atoms with van der Waals surface area (Å²) in [5.41, 5.74) is 6.79. The number of aryl methyl sites for hydroxylation is 2. The number of anilines is 1. The standard InChI is InChI=1S/C19H24FN3O3/c1-4-22-9-13(19(25)26)18(24)12-7-14(20)17(11(3)16(12)22)23-6-5-15(21)10(2)8-23/h7,9-10,15H,4-6,8,21H2,1-3H3,(H,25,26). The van der Waals surface area contributed by atoms with Gasteiger partial charge in [-0.25, -0.2) is 9.18 Å². The van der Waals surface area contributed by atoms with Crippen LogP contribution in [0.5, 0.6) is 0 Å². The highest BCUT2D eigenvalue weighted by Crippen LogP contribution is 2.33. The summed E-state index contributed by atoms with van der Waals surface area (Å²) in [5.74, 6) is -1.57. The second-order valence-electron chi connectivity index (χ2n) is 7.07. The zero-order valence-electron chi connectivity index (χ0n) is 15.3. The maximum Gasteiger partial charge on any atom is 0.341 e. The summed E-state index contributed by atoms with van der Waals surface area (Å²) in [6.45, 7) is 7.47. The summed E-state index contributed by atoms with van der Waals surface area (Å²) >= 11 is 0. The molecule has 7 heteroatoms. The first-order valence-corrected chi connectivity index (χ1v) is 8.86. The summed E-state index contributed by atoms with van der Waals surface area (Å²) in [4.78, 5) is 25.9. The average Bonchev–Trinajstić information content (AvgIpc) is 2.58. The highest BCUT2D eigenvalue weighted by molar-refractivity contribution is 5.95. The van der Waals surface area contributed by atoms with E-state index < -0.39 is 17.2 Å². The highest BCUT2D eigenvalue weighted by atomic mass is 19.1. The molecule has 1 fully saturated rings. The molecule has 1 aliphatic heterocycles. The number of benzene rings is 1. The lowest BCUT2D eigenvalue weighted by Gasteiger charge is -2.37. The van der Waals surface area contributed by atoms with E-state index in [0.29, 0.717) is 36.4 Å². The number of aromatic carboxylic acids is 1. The van der Waals surface area contributed by atoms with Crippen molar-refractivity contribution in [1.82, 2.24) is 4.57 Å². The minimum absolute atomic E-state index is 0.0991. The number of hydrogen-bond donors (Lipinski definition) is 2. The van der Waals surface area contributed by atoms with Gasteiger partial charge in [-0.2, -0.15) is 0 Å². The Kier molecular flexibility index (Phi) is 4.75. The van der Waals surface area contributed by atoms with Gasteiger partial charge >= 0.3 is 5.97 Å². The largest absolute Gasteiger partial charge is 0.477 e. The van der Waals surface area contributed by atoms with E-state index in [1.165, 1.54) is 12.3 Å². The molecule has 0 saturated carbocycles. The van der Waals surface area contributed by atoms with Gasteiger partial charge in [0.1, 0.15) is 11.4 Å². The van der Waals surface area contributed by atoms with Crippen LogP contribution in [-0.2, 0) is 6.54 Å². The number of fused-ring (bicyclic) bond motifs is 1. The fourth-order valence-corrected chi connectivity index (χ4v) is 3.88. The molecule has 0 radical (unpaired) electrons.